The Bertz CT molecular complexity index is 121. The fraction of sp³-hybridized carbons (Fsp3) is 0.500. The smallest absolute Gasteiger partial charge is 0.302 e. The van der Waals surface area contributed by atoms with Crippen LogP contribution in [0.5, 0.6) is 0 Å². The summed E-state index contributed by atoms with van der Waals surface area (Å²) in [4.78, 5) is 10.6. The van der Waals surface area contributed by atoms with Crippen LogP contribution in [0.4, 0.5) is 0 Å². The summed E-state index contributed by atoms with van der Waals surface area (Å²) in [5.41, 5.74) is 0. The minimum Gasteiger partial charge on any atom is -0.462 e. The van der Waals surface area contributed by atoms with E-state index in [0.717, 1.165) is 6.42 Å². The maximum Gasteiger partial charge on any atom is 0.302 e. The second kappa shape index (κ2) is 7.14. The van der Waals surface area contributed by atoms with Gasteiger partial charge in [-0.05, 0) is 25.7 Å². The summed E-state index contributed by atoms with van der Waals surface area (Å²) in [7, 11) is 0. The van der Waals surface area contributed by atoms with Gasteiger partial charge in [-0.25, -0.2) is 0 Å². The summed E-state index contributed by atoms with van der Waals surface area (Å²) in [6, 6.07) is 0. The highest BCUT2D eigenvalue weighted by Crippen LogP contribution is 2.06. The van der Waals surface area contributed by atoms with Gasteiger partial charge in [0.15, 0.2) is 0 Å². The molecule has 12 heavy (non-hydrogen) atoms. The van der Waals surface area contributed by atoms with Crippen molar-refractivity contribution in [2.24, 2.45) is 0 Å². The zero-order valence-electron chi connectivity index (χ0n) is 7.91. The molecule has 0 aromatic rings. The van der Waals surface area contributed by atoms with Crippen molar-refractivity contribution < 1.29 is 9.53 Å². The Labute approximate surface area is 75.3 Å². The van der Waals surface area contributed by atoms with E-state index < -0.39 is 0 Å². The third-order valence-corrected chi connectivity index (χ3v) is 1.35. The topological polar surface area (TPSA) is 26.3 Å². The second-order valence-corrected chi connectivity index (χ2v) is 2.47. The molecule has 0 unspecified atom stereocenters. The molecule has 0 aromatic carbocycles. The van der Waals surface area contributed by atoms with Crippen LogP contribution in [0.3, 0.4) is 0 Å². The van der Waals surface area contributed by atoms with Gasteiger partial charge < -0.3 is 4.74 Å². The van der Waals surface area contributed by atoms with Crippen LogP contribution in [0.15, 0.2) is 0 Å². The molecule has 2 nitrogen and oxygen atoms in total. The molecule has 0 aliphatic rings. The Morgan fingerprint density at radius 1 is 1.50 bits per heavy atom. The standard InChI is InChI=1S/C10H16O2/c1-4-6-7-8-10(5-2)12-9(3)11/h4,6-8,10H,5H2,1-3H3/t10-/m1/s1. The average molecular weight is 168 g/mol. The summed E-state index contributed by atoms with van der Waals surface area (Å²) >= 11 is 0. The van der Waals surface area contributed by atoms with Crippen LogP contribution < -0.4 is 0 Å². The Morgan fingerprint density at radius 2 is 2.17 bits per heavy atom. The maximum atomic E-state index is 10.6. The van der Waals surface area contributed by atoms with E-state index in [1.54, 1.807) is 0 Å². The highest BCUT2D eigenvalue weighted by atomic mass is 16.5. The first-order valence-electron chi connectivity index (χ1n) is 4.17. The molecular formula is C10H16O2. The van der Waals surface area contributed by atoms with E-state index >= 15 is 0 Å². The molecule has 0 aliphatic carbocycles. The Balaban J connectivity index is 3.46. The number of carbonyl (C=O) groups is 1. The normalized spacial score (nSPS) is 12.6. The molecule has 0 spiro atoms. The lowest BCUT2D eigenvalue weighted by atomic mass is 10.1. The number of esters is 1. The minimum absolute atomic E-state index is 0.0845. The van der Waals surface area contributed by atoms with Crippen LogP contribution in [0.25, 0.3) is 0 Å². The first-order valence-corrected chi connectivity index (χ1v) is 4.17. The lowest BCUT2D eigenvalue weighted by Crippen LogP contribution is -2.15. The van der Waals surface area contributed by atoms with Gasteiger partial charge in [0.2, 0.25) is 0 Å². The number of carbonyl (C=O) groups excluding carboxylic acids is 1. The summed E-state index contributed by atoms with van der Waals surface area (Å²) in [5.74, 6) is -0.230. The lowest BCUT2D eigenvalue weighted by molar-refractivity contribution is -0.144. The predicted octanol–water partition coefficient (Wildman–Crippen LogP) is 2.17. The lowest BCUT2D eigenvalue weighted by Gasteiger charge is -2.13. The van der Waals surface area contributed by atoms with E-state index in [2.05, 4.69) is 0 Å². The summed E-state index contributed by atoms with van der Waals surface area (Å²) < 4.78 is 4.99. The molecule has 0 aromatic heterocycles. The van der Waals surface area contributed by atoms with Gasteiger partial charge in [0.1, 0.15) is 6.10 Å². The van der Waals surface area contributed by atoms with E-state index in [1.807, 2.05) is 39.5 Å². The third-order valence-electron chi connectivity index (χ3n) is 1.35. The first kappa shape index (κ1) is 11.5. The van der Waals surface area contributed by atoms with Crippen LogP contribution in [0.1, 0.15) is 27.2 Å². The predicted molar refractivity (Wildman–Crippen MR) is 48.7 cm³/mol. The molecule has 1 atom stereocenters. The molecule has 0 fully saturated rings. The molecule has 0 heterocycles. The highest BCUT2D eigenvalue weighted by Gasteiger charge is 2.08. The zero-order chi connectivity index (χ0) is 9.40. The molecule has 0 saturated heterocycles. The van der Waals surface area contributed by atoms with E-state index in [1.165, 1.54) is 6.92 Å². The summed E-state index contributed by atoms with van der Waals surface area (Å²) in [5, 5.41) is 0. The monoisotopic (exact) mass is 168 g/mol. The van der Waals surface area contributed by atoms with Crippen molar-refractivity contribution in [1.29, 1.82) is 0 Å². The van der Waals surface area contributed by atoms with Gasteiger partial charge in [-0.2, -0.15) is 0 Å². The van der Waals surface area contributed by atoms with Crippen LogP contribution in [-0.4, -0.2) is 12.1 Å². The molecule has 0 bridgehead atoms. The van der Waals surface area contributed by atoms with Crippen LogP contribution in [0.2, 0.25) is 0 Å². The molecule has 4 radical (unpaired) electrons. The summed E-state index contributed by atoms with van der Waals surface area (Å²) in [6.45, 7) is 5.34. The largest absolute Gasteiger partial charge is 0.462 e. The number of unbranched alkanes of at least 4 members (excludes halogenated alkanes) is 2. The van der Waals surface area contributed by atoms with Crippen LogP contribution in [-0.2, 0) is 9.53 Å². The Hall–Kier alpha value is -0.530. The SMILES string of the molecule is C[CH][CH][CH][CH][C@@H](CC)OC(C)=O. The zero-order valence-corrected chi connectivity index (χ0v) is 7.91. The van der Waals surface area contributed by atoms with Crippen molar-refractivity contribution in [2.75, 3.05) is 0 Å². The van der Waals surface area contributed by atoms with Gasteiger partial charge in [-0.3, -0.25) is 4.79 Å². The summed E-state index contributed by atoms with van der Waals surface area (Å²) in [6.07, 6.45) is 8.33. The van der Waals surface area contributed by atoms with Gasteiger partial charge in [0, 0.05) is 13.3 Å². The minimum atomic E-state index is -0.230. The number of hydrogen-bond donors (Lipinski definition) is 0. The van der Waals surface area contributed by atoms with E-state index in [0.29, 0.717) is 0 Å². The maximum absolute atomic E-state index is 10.6. The quantitative estimate of drug-likeness (QED) is 0.449. The molecule has 2 heteroatoms. The van der Waals surface area contributed by atoms with Gasteiger partial charge in [-0.15, -0.1) is 0 Å². The fourth-order valence-electron chi connectivity index (χ4n) is 0.771. The average Bonchev–Trinajstić information content (AvgIpc) is 2.02. The van der Waals surface area contributed by atoms with Gasteiger partial charge in [0.05, 0.1) is 0 Å². The van der Waals surface area contributed by atoms with Crippen LogP contribution >= 0.6 is 0 Å². The van der Waals surface area contributed by atoms with E-state index in [-0.39, 0.29) is 12.1 Å². The van der Waals surface area contributed by atoms with Gasteiger partial charge >= 0.3 is 5.97 Å². The van der Waals surface area contributed by atoms with Crippen molar-refractivity contribution >= 4 is 5.97 Å². The number of hydrogen-bond acceptors (Lipinski definition) is 2. The van der Waals surface area contributed by atoms with Gasteiger partial charge in [0.25, 0.3) is 0 Å². The van der Waals surface area contributed by atoms with E-state index in [9.17, 15) is 4.79 Å². The Morgan fingerprint density at radius 3 is 2.58 bits per heavy atom. The number of rotatable bonds is 6. The molecular weight excluding hydrogens is 152 g/mol. The highest BCUT2D eigenvalue weighted by molar-refractivity contribution is 5.66. The molecule has 0 amide bonds. The molecule has 0 N–H and O–H groups in total. The number of ether oxygens (including phenoxy) is 1. The van der Waals surface area contributed by atoms with Crippen molar-refractivity contribution in [3.05, 3.63) is 25.7 Å². The first-order chi connectivity index (χ1) is 5.70. The van der Waals surface area contributed by atoms with Crippen molar-refractivity contribution in [3.63, 3.8) is 0 Å². The Kier molecular flexibility index (Phi) is 6.82. The molecule has 0 rings (SSSR count). The fourth-order valence-corrected chi connectivity index (χ4v) is 0.771. The van der Waals surface area contributed by atoms with Crippen molar-refractivity contribution in [2.45, 2.75) is 33.3 Å². The second-order valence-electron chi connectivity index (χ2n) is 2.47. The molecule has 0 aliphatic heterocycles. The molecule has 0 saturated carbocycles. The van der Waals surface area contributed by atoms with Gasteiger partial charge in [-0.1, -0.05) is 13.8 Å². The van der Waals surface area contributed by atoms with Crippen molar-refractivity contribution in [1.82, 2.24) is 0 Å². The molecule has 68 valence electrons. The third kappa shape index (κ3) is 6.20. The van der Waals surface area contributed by atoms with Crippen molar-refractivity contribution in [3.8, 4) is 0 Å². The van der Waals surface area contributed by atoms with Crippen LogP contribution in [0, 0.1) is 25.7 Å². The van der Waals surface area contributed by atoms with E-state index in [4.69, 9.17) is 4.74 Å².